The van der Waals surface area contributed by atoms with Crippen molar-refractivity contribution in [2.75, 3.05) is 32.1 Å². The molecule has 0 saturated carbocycles. The van der Waals surface area contributed by atoms with Gasteiger partial charge in [-0.2, -0.15) is 0 Å². The predicted octanol–water partition coefficient (Wildman–Crippen LogP) is 0.653. The van der Waals surface area contributed by atoms with Crippen LogP contribution in [0.4, 0.5) is 5.69 Å². The first-order valence-electron chi connectivity index (χ1n) is 5.87. The van der Waals surface area contributed by atoms with Crippen LogP contribution >= 0.6 is 0 Å². The molecule has 6 heteroatoms. The average Bonchev–Trinajstić information content (AvgIpc) is 2.38. The summed E-state index contributed by atoms with van der Waals surface area (Å²) >= 11 is 0. The first-order chi connectivity index (χ1) is 9.56. The fourth-order valence-electron chi connectivity index (χ4n) is 1.63. The molecule has 6 nitrogen and oxygen atoms in total. The zero-order valence-corrected chi connectivity index (χ0v) is 11.1. The highest BCUT2D eigenvalue weighted by molar-refractivity contribution is 5.93. The number of carboxylic acid groups (broad SMARTS) is 1. The number of hydrogen-bond acceptors (Lipinski definition) is 4. The SMILES string of the molecule is C#CCN(CC(=O)O)CC(=O)Nc1ccccc1OC. The molecule has 1 rings (SSSR count). The smallest absolute Gasteiger partial charge is 0.317 e. The highest BCUT2D eigenvalue weighted by Gasteiger charge is 2.14. The minimum atomic E-state index is -1.04. The van der Waals surface area contributed by atoms with Crippen molar-refractivity contribution in [2.45, 2.75) is 0 Å². The maximum atomic E-state index is 11.9. The molecular weight excluding hydrogens is 260 g/mol. The minimum absolute atomic E-state index is 0.0889. The number of ether oxygens (including phenoxy) is 1. The van der Waals surface area contributed by atoms with Gasteiger partial charge in [-0.15, -0.1) is 6.42 Å². The molecule has 0 unspecified atom stereocenters. The molecule has 0 aliphatic carbocycles. The van der Waals surface area contributed by atoms with E-state index in [1.54, 1.807) is 24.3 Å². The normalized spacial score (nSPS) is 9.85. The summed E-state index contributed by atoms with van der Waals surface area (Å²) in [6.45, 7) is -0.302. The molecule has 0 saturated heterocycles. The second kappa shape index (κ2) is 7.81. The summed E-state index contributed by atoms with van der Waals surface area (Å²) in [5.41, 5.74) is 0.524. The van der Waals surface area contributed by atoms with Crippen LogP contribution in [0.25, 0.3) is 0 Å². The number of benzene rings is 1. The van der Waals surface area contributed by atoms with Crippen molar-refractivity contribution >= 4 is 17.6 Å². The van der Waals surface area contributed by atoms with Gasteiger partial charge in [0.1, 0.15) is 5.75 Å². The standard InChI is InChI=1S/C14H16N2O4/c1-3-8-16(10-14(18)19)9-13(17)15-11-6-4-5-7-12(11)20-2/h1,4-7H,8-10H2,2H3,(H,15,17)(H,18,19). The van der Waals surface area contributed by atoms with Gasteiger partial charge in [0, 0.05) is 0 Å². The van der Waals surface area contributed by atoms with Gasteiger partial charge in [-0.05, 0) is 12.1 Å². The lowest BCUT2D eigenvalue weighted by Crippen LogP contribution is -2.37. The largest absolute Gasteiger partial charge is 0.495 e. The number of rotatable bonds is 7. The van der Waals surface area contributed by atoms with E-state index in [2.05, 4.69) is 11.2 Å². The summed E-state index contributed by atoms with van der Waals surface area (Å²) in [6, 6.07) is 6.95. The average molecular weight is 276 g/mol. The van der Waals surface area contributed by atoms with E-state index in [4.69, 9.17) is 16.3 Å². The van der Waals surface area contributed by atoms with Gasteiger partial charge >= 0.3 is 5.97 Å². The number of hydrogen-bond donors (Lipinski definition) is 2. The second-order valence-corrected chi connectivity index (χ2v) is 3.99. The number of aliphatic carboxylic acids is 1. The molecule has 0 aliphatic rings. The highest BCUT2D eigenvalue weighted by Crippen LogP contribution is 2.22. The van der Waals surface area contributed by atoms with Crippen LogP contribution in [0.3, 0.4) is 0 Å². The van der Waals surface area contributed by atoms with Crippen molar-refractivity contribution in [3.8, 4) is 18.1 Å². The molecule has 0 fully saturated rings. The highest BCUT2D eigenvalue weighted by atomic mass is 16.5. The molecule has 0 heterocycles. The van der Waals surface area contributed by atoms with Gasteiger partial charge in [0.25, 0.3) is 0 Å². The lowest BCUT2D eigenvalue weighted by atomic mass is 10.3. The number of carboxylic acids is 1. The molecule has 1 aromatic rings. The van der Waals surface area contributed by atoms with Crippen LogP contribution in [-0.4, -0.2) is 48.6 Å². The number of para-hydroxylation sites is 2. The van der Waals surface area contributed by atoms with Gasteiger partial charge in [-0.1, -0.05) is 18.1 Å². The van der Waals surface area contributed by atoms with Gasteiger partial charge in [-0.25, -0.2) is 0 Å². The zero-order valence-electron chi connectivity index (χ0n) is 11.1. The van der Waals surface area contributed by atoms with Gasteiger partial charge in [0.2, 0.25) is 5.91 Å². The number of terminal acetylenes is 1. The topological polar surface area (TPSA) is 78.9 Å². The van der Waals surface area contributed by atoms with E-state index in [-0.39, 0.29) is 25.5 Å². The van der Waals surface area contributed by atoms with Crippen molar-refractivity contribution < 1.29 is 19.4 Å². The Morgan fingerprint density at radius 2 is 2.10 bits per heavy atom. The summed E-state index contributed by atoms with van der Waals surface area (Å²) in [6.07, 6.45) is 5.14. The van der Waals surface area contributed by atoms with Crippen molar-refractivity contribution in [1.82, 2.24) is 4.90 Å². The molecule has 0 atom stereocenters. The zero-order chi connectivity index (χ0) is 15.0. The Kier molecular flexibility index (Phi) is 6.07. The molecule has 1 amide bonds. The van der Waals surface area contributed by atoms with Gasteiger partial charge in [0.05, 0.1) is 32.4 Å². The van der Waals surface area contributed by atoms with Gasteiger partial charge < -0.3 is 15.2 Å². The van der Waals surface area contributed by atoms with Crippen molar-refractivity contribution in [1.29, 1.82) is 0 Å². The lowest BCUT2D eigenvalue weighted by Gasteiger charge is -2.17. The summed E-state index contributed by atoms with van der Waals surface area (Å²) in [7, 11) is 1.50. The number of amides is 1. The third-order valence-corrected chi connectivity index (χ3v) is 2.42. The molecule has 1 aromatic carbocycles. The van der Waals surface area contributed by atoms with Crippen LogP contribution in [-0.2, 0) is 9.59 Å². The Morgan fingerprint density at radius 1 is 1.40 bits per heavy atom. The van der Waals surface area contributed by atoms with Crippen LogP contribution in [0.5, 0.6) is 5.75 Å². The third kappa shape index (κ3) is 5.00. The number of carbonyl (C=O) groups excluding carboxylic acids is 1. The van der Waals surface area contributed by atoms with Crippen molar-refractivity contribution in [3.05, 3.63) is 24.3 Å². The number of methoxy groups -OCH3 is 1. The third-order valence-electron chi connectivity index (χ3n) is 2.42. The molecule has 0 spiro atoms. The van der Waals surface area contributed by atoms with Crippen LogP contribution in [0.2, 0.25) is 0 Å². The summed E-state index contributed by atoms with van der Waals surface area (Å²) in [5.74, 6) is 1.46. The Bertz CT molecular complexity index is 522. The van der Waals surface area contributed by atoms with E-state index in [0.29, 0.717) is 11.4 Å². The van der Waals surface area contributed by atoms with Gasteiger partial charge in [-0.3, -0.25) is 14.5 Å². The number of nitrogens with zero attached hydrogens (tertiary/aromatic N) is 1. The molecule has 0 aliphatic heterocycles. The minimum Gasteiger partial charge on any atom is -0.495 e. The van der Waals surface area contributed by atoms with Crippen LogP contribution < -0.4 is 10.1 Å². The van der Waals surface area contributed by atoms with Crippen molar-refractivity contribution in [2.24, 2.45) is 0 Å². The van der Waals surface area contributed by atoms with E-state index in [9.17, 15) is 9.59 Å². The maximum Gasteiger partial charge on any atom is 0.317 e. The monoisotopic (exact) mass is 276 g/mol. The Balaban J connectivity index is 2.65. The van der Waals surface area contributed by atoms with Crippen molar-refractivity contribution in [3.63, 3.8) is 0 Å². The van der Waals surface area contributed by atoms with E-state index < -0.39 is 5.97 Å². The fraction of sp³-hybridized carbons (Fsp3) is 0.286. The molecular formula is C14H16N2O4. The number of nitrogens with one attached hydrogen (secondary N) is 1. The van der Waals surface area contributed by atoms with Crippen LogP contribution in [0.1, 0.15) is 0 Å². The number of carbonyl (C=O) groups is 2. The quantitative estimate of drug-likeness (QED) is 0.715. The van der Waals surface area contributed by atoms with E-state index >= 15 is 0 Å². The molecule has 2 N–H and O–H groups in total. The summed E-state index contributed by atoms with van der Waals surface area (Å²) in [5, 5.41) is 11.4. The van der Waals surface area contributed by atoms with Crippen LogP contribution in [0, 0.1) is 12.3 Å². The molecule has 0 aromatic heterocycles. The predicted molar refractivity (Wildman–Crippen MR) is 74.5 cm³/mol. The van der Waals surface area contributed by atoms with E-state index in [0.717, 1.165) is 0 Å². The van der Waals surface area contributed by atoms with Crippen LogP contribution in [0.15, 0.2) is 24.3 Å². The number of anilines is 1. The molecule has 0 bridgehead atoms. The lowest BCUT2D eigenvalue weighted by molar-refractivity contribution is -0.138. The Morgan fingerprint density at radius 3 is 2.70 bits per heavy atom. The van der Waals surface area contributed by atoms with E-state index in [1.807, 2.05) is 0 Å². The fourth-order valence-corrected chi connectivity index (χ4v) is 1.63. The Labute approximate surface area is 117 Å². The second-order valence-electron chi connectivity index (χ2n) is 3.99. The molecule has 0 radical (unpaired) electrons. The molecule has 20 heavy (non-hydrogen) atoms. The Hall–Kier alpha value is -2.52. The summed E-state index contributed by atoms with van der Waals surface area (Å²) in [4.78, 5) is 23.9. The summed E-state index contributed by atoms with van der Waals surface area (Å²) < 4.78 is 5.11. The van der Waals surface area contributed by atoms with E-state index in [1.165, 1.54) is 12.0 Å². The first-order valence-corrected chi connectivity index (χ1v) is 5.87. The van der Waals surface area contributed by atoms with Gasteiger partial charge in [0.15, 0.2) is 0 Å². The first kappa shape index (κ1) is 15.5. The maximum absolute atomic E-state index is 11.9. The molecule has 106 valence electrons.